The molecule has 0 heterocycles. The SMILES string of the molecule is CCN[SiH](Cl)CC(C)CC. The van der Waals surface area contributed by atoms with Crippen LogP contribution in [0.4, 0.5) is 0 Å². The van der Waals surface area contributed by atoms with Crippen LogP contribution in [0.25, 0.3) is 0 Å². The number of hydrogen-bond donors (Lipinski definition) is 1. The maximum absolute atomic E-state index is 6.08. The van der Waals surface area contributed by atoms with E-state index in [9.17, 15) is 0 Å². The summed E-state index contributed by atoms with van der Waals surface area (Å²) in [5.41, 5.74) is 0. The van der Waals surface area contributed by atoms with Crippen molar-refractivity contribution in [1.82, 2.24) is 4.98 Å². The lowest BCUT2D eigenvalue weighted by Gasteiger charge is -2.12. The van der Waals surface area contributed by atoms with Crippen LogP contribution in [0.15, 0.2) is 0 Å². The highest BCUT2D eigenvalue weighted by Gasteiger charge is 2.08. The standard InChI is InChI=1S/C7H18ClNSi/c1-4-7(3)6-10(8)9-5-2/h7,9-10H,4-6H2,1-3H3. The summed E-state index contributed by atoms with van der Waals surface area (Å²) in [4.78, 5) is 3.32. The fraction of sp³-hybridized carbons (Fsp3) is 1.00. The van der Waals surface area contributed by atoms with Gasteiger partial charge in [0.1, 0.15) is 0 Å². The Kier molecular flexibility index (Phi) is 6.48. The van der Waals surface area contributed by atoms with Crippen molar-refractivity contribution in [3.05, 3.63) is 0 Å². The van der Waals surface area contributed by atoms with Gasteiger partial charge in [-0.2, -0.15) is 11.1 Å². The van der Waals surface area contributed by atoms with Crippen LogP contribution >= 0.6 is 11.1 Å². The molecule has 0 aromatic carbocycles. The van der Waals surface area contributed by atoms with Crippen LogP contribution in [-0.4, -0.2) is 14.8 Å². The third kappa shape index (κ3) is 5.27. The molecule has 0 aliphatic rings. The summed E-state index contributed by atoms with van der Waals surface area (Å²) in [6.07, 6.45) is 1.25. The number of nitrogens with one attached hydrogen (secondary N) is 1. The highest BCUT2D eigenvalue weighted by atomic mass is 35.6. The van der Waals surface area contributed by atoms with Crippen molar-refractivity contribution in [3.8, 4) is 0 Å². The maximum Gasteiger partial charge on any atom is 0.211 e. The summed E-state index contributed by atoms with van der Waals surface area (Å²) in [5.74, 6) is 0.799. The zero-order valence-corrected chi connectivity index (χ0v) is 9.06. The van der Waals surface area contributed by atoms with Crippen molar-refractivity contribution in [1.29, 1.82) is 0 Å². The summed E-state index contributed by atoms with van der Waals surface area (Å²) >= 11 is 6.08. The minimum Gasteiger partial charge on any atom is -0.328 e. The molecule has 0 rings (SSSR count). The Balaban J connectivity index is 3.27. The van der Waals surface area contributed by atoms with Gasteiger partial charge in [-0.3, -0.25) is 0 Å². The fourth-order valence-corrected chi connectivity index (χ4v) is 3.85. The van der Waals surface area contributed by atoms with E-state index in [-0.39, 0.29) is 0 Å². The van der Waals surface area contributed by atoms with Gasteiger partial charge in [0.05, 0.1) is 0 Å². The molecule has 0 spiro atoms. The molecule has 0 aliphatic heterocycles. The van der Waals surface area contributed by atoms with Crippen molar-refractivity contribution in [2.24, 2.45) is 5.92 Å². The Morgan fingerprint density at radius 1 is 1.50 bits per heavy atom. The quantitative estimate of drug-likeness (QED) is 0.504. The van der Waals surface area contributed by atoms with E-state index in [2.05, 4.69) is 25.8 Å². The predicted octanol–water partition coefficient (Wildman–Crippen LogP) is 2.10. The van der Waals surface area contributed by atoms with Crippen LogP contribution in [0.1, 0.15) is 27.2 Å². The molecule has 0 aromatic heterocycles. The largest absolute Gasteiger partial charge is 0.328 e. The lowest BCUT2D eigenvalue weighted by atomic mass is 10.2. The summed E-state index contributed by atoms with van der Waals surface area (Å²) in [5, 5.41) is 0. The van der Waals surface area contributed by atoms with E-state index >= 15 is 0 Å². The van der Waals surface area contributed by atoms with Crippen LogP contribution in [0, 0.1) is 5.92 Å². The Labute approximate surface area is 70.5 Å². The molecule has 3 heteroatoms. The van der Waals surface area contributed by atoms with Crippen LogP contribution < -0.4 is 4.98 Å². The summed E-state index contributed by atoms with van der Waals surface area (Å²) in [7, 11) is -1.06. The van der Waals surface area contributed by atoms with E-state index in [1.165, 1.54) is 12.5 Å². The van der Waals surface area contributed by atoms with Gasteiger partial charge in [-0.25, -0.2) is 0 Å². The van der Waals surface area contributed by atoms with Crippen LogP contribution in [0.2, 0.25) is 6.04 Å². The average Bonchev–Trinajstić information content (AvgIpc) is 1.88. The van der Waals surface area contributed by atoms with Crippen LogP contribution in [-0.2, 0) is 0 Å². The summed E-state index contributed by atoms with van der Waals surface area (Å²) in [6, 6.07) is 1.21. The van der Waals surface area contributed by atoms with Gasteiger partial charge in [-0.05, 0) is 18.5 Å². The highest BCUT2D eigenvalue weighted by molar-refractivity contribution is 7.05. The first kappa shape index (κ1) is 10.5. The second kappa shape index (κ2) is 6.19. The van der Waals surface area contributed by atoms with E-state index < -0.39 is 8.27 Å². The van der Waals surface area contributed by atoms with Gasteiger partial charge >= 0.3 is 0 Å². The molecular formula is C7H18ClNSi. The van der Waals surface area contributed by atoms with Gasteiger partial charge in [-0.15, -0.1) is 0 Å². The maximum atomic E-state index is 6.08. The molecule has 1 N–H and O–H groups in total. The van der Waals surface area contributed by atoms with E-state index in [1.54, 1.807) is 0 Å². The second-order valence-corrected chi connectivity index (χ2v) is 6.17. The Morgan fingerprint density at radius 2 is 2.10 bits per heavy atom. The van der Waals surface area contributed by atoms with Crippen molar-refractivity contribution in [2.45, 2.75) is 33.2 Å². The Bertz CT molecular complexity index is 80.0. The first-order chi connectivity index (χ1) is 4.70. The number of rotatable bonds is 5. The zero-order chi connectivity index (χ0) is 7.98. The molecule has 2 unspecified atom stereocenters. The minimum atomic E-state index is -1.06. The topological polar surface area (TPSA) is 12.0 Å². The monoisotopic (exact) mass is 179 g/mol. The molecule has 0 fully saturated rings. The Hall–Kier alpha value is 0.467. The van der Waals surface area contributed by atoms with Gasteiger partial charge in [0, 0.05) is 0 Å². The summed E-state index contributed by atoms with van der Waals surface area (Å²) in [6.45, 7) is 7.62. The number of halogens is 1. The molecule has 62 valence electrons. The van der Waals surface area contributed by atoms with Crippen molar-refractivity contribution in [2.75, 3.05) is 6.54 Å². The van der Waals surface area contributed by atoms with Crippen molar-refractivity contribution in [3.63, 3.8) is 0 Å². The number of hydrogen-bond acceptors (Lipinski definition) is 1. The van der Waals surface area contributed by atoms with E-state index in [0.717, 1.165) is 12.5 Å². The van der Waals surface area contributed by atoms with Crippen LogP contribution in [0.5, 0.6) is 0 Å². The predicted molar refractivity (Wildman–Crippen MR) is 50.9 cm³/mol. The van der Waals surface area contributed by atoms with E-state index in [0.29, 0.717) is 0 Å². The molecule has 0 saturated carbocycles. The lowest BCUT2D eigenvalue weighted by molar-refractivity contribution is 0.617. The van der Waals surface area contributed by atoms with E-state index in [1.807, 2.05) is 0 Å². The third-order valence-electron chi connectivity index (χ3n) is 1.73. The zero-order valence-electron chi connectivity index (χ0n) is 7.15. The molecule has 0 bridgehead atoms. The van der Waals surface area contributed by atoms with Crippen molar-refractivity contribution >= 4 is 19.3 Å². The average molecular weight is 180 g/mol. The molecule has 2 atom stereocenters. The highest BCUT2D eigenvalue weighted by Crippen LogP contribution is 2.10. The molecule has 0 aliphatic carbocycles. The van der Waals surface area contributed by atoms with E-state index in [4.69, 9.17) is 11.1 Å². The lowest BCUT2D eigenvalue weighted by Crippen LogP contribution is -2.29. The second-order valence-electron chi connectivity index (χ2n) is 2.77. The van der Waals surface area contributed by atoms with Gasteiger partial charge in [-0.1, -0.05) is 27.2 Å². The van der Waals surface area contributed by atoms with Crippen molar-refractivity contribution < 1.29 is 0 Å². The molecule has 1 nitrogen and oxygen atoms in total. The Morgan fingerprint density at radius 3 is 2.50 bits per heavy atom. The van der Waals surface area contributed by atoms with Gasteiger partial charge in [0.25, 0.3) is 0 Å². The normalized spacial score (nSPS) is 16.8. The molecule has 0 saturated heterocycles. The van der Waals surface area contributed by atoms with Gasteiger partial charge in [0.2, 0.25) is 8.27 Å². The molecule has 0 amide bonds. The molecular weight excluding hydrogens is 162 g/mol. The molecule has 0 aromatic rings. The van der Waals surface area contributed by atoms with Gasteiger partial charge < -0.3 is 4.98 Å². The smallest absolute Gasteiger partial charge is 0.211 e. The minimum absolute atomic E-state index is 0.799. The van der Waals surface area contributed by atoms with Gasteiger partial charge in [0.15, 0.2) is 0 Å². The third-order valence-corrected chi connectivity index (χ3v) is 4.80. The first-order valence-corrected chi connectivity index (χ1v) is 7.22. The van der Waals surface area contributed by atoms with Crippen LogP contribution in [0.3, 0.4) is 0 Å². The fourth-order valence-electron chi connectivity index (χ4n) is 0.825. The molecule has 0 radical (unpaired) electrons. The summed E-state index contributed by atoms with van der Waals surface area (Å²) < 4.78 is 0. The molecule has 10 heavy (non-hydrogen) atoms. The first-order valence-electron chi connectivity index (χ1n) is 4.08.